The fourth-order valence-corrected chi connectivity index (χ4v) is 5.75. The summed E-state index contributed by atoms with van der Waals surface area (Å²) in [4.78, 5) is 0. The van der Waals surface area contributed by atoms with Crippen LogP contribution in [0.5, 0.6) is 0 Å². The molecule has 0 saturated heterocycles. The van der Waals surface area contributed by atoms with E-state index in [1.807, 2.05) is 60.7 Å². The standard InChI is InChI=1S/C20H17FIO2P/c21-17-13-11-16(12-14-17)20(15-22)24-25(23,18-7-3-1-4-8-18)19-9-5-2-6-10-19/h1-14,20H,15H2. The molecule has 1 atom stereocenters. The van der Waals surface area contributed by atoms with Crippen molar-refractivity contribution in [3.05, 3.63) is 96.3 Å². The van der Waals surface area contributed by atoms with Crippen LogP contribution in [0, 0.1) is 5.82 Å². The summed E-state index contributed by atoms with van der Waals surface area (Å²) in [7, 11) is -3.27. The van der Waals surface area contributed by atoms with Crippen LogP contribution in [0.15, 0.2) is 84.9 Å². The lowest BCUT2D eigenvalue weighted by Gasteiger charge is -2.25. The second kappa shape index (κ2) is 8.26. The van der Waals surface area contributed by atoms with E-state index in [0.29, 0.717) is 15.0 Å². The molecule has 0 radical (unpaired) electrons. The third-order valence-electron chi connectivity index (χ3n) is 3.85. The number of halogens is 2. The quantitative estimate of drug-likeness (QED) is 0.282. The smallest absolute Gasteiger partial charge is 0.261 e. The molecule has 1 unspecified atom stereocenters. The molecule has 128 valence electrons. The maximum absolute atomic E-state index is 13.9. The molecule has 3 rings (SSSR count). The molecule has 0 spiro atoms. The highest BCUT2D eigenvalue weighted by Crippen LogP contribution is 2.49. The van der Waals surface area contributed by atoms with E-state index in [9.17, 15) is 8.96 Å². The van der Waals surface area contributed by atoms with Crippen LogP contribution in [-0.4, -0.2) is 4.43 Å². The Hall–Kier alpha value is -1.49. The number of rotatable bonds is 6. The molecule has 25 heavy (non-hydrogen) atoms. The van der Waals surface area contributed by atoms with Crippen molar-refractivity contribution in [2.45, 2.75) is 6.10 Å². The maximum atomic E-state index is 13.9. The normalized spacial score (nSPS) is 12.7. The highest BCUT2D eigenvalue weighted by molar-refractivity contribution is 14.1. The van der Waals surface area contributed by atoms with Crippen LogP contribution in [0.1, 0.15) is 11.7 Å². The number of hydrogen-bond acceptors (Lipinski definition) is 2. The third kappa shape index (κ3) is 4.20. The lowest BCUT2D eigenvalue weighted by molar-refractivity contribution is 0.246. The lowest BCUT2D eigenvalue weighted by atomic mass is 10.1. The van der Waals surface area contributed by atoms with Crippen molar-refractivity contribution in [2.75, 3.05) is 4.43 Å². The Balaban J connectivity index is 2.03. The van der Waals surface area contributed by atoms with Gasteiger partial charge >= 0.3 is 0 Å². The van der Waals surface area contributed by atoms with E-state index in [1.54, 1.807) is 12.1 Å². The summed E-state index contributed by atoms with van der Waals surface area (Å²) in [5, 5.41) is 1.30. The van der Waals surface area contributed by atoms with Crippen molar-refractivity contribution in [3.63, 3.8) is 0 Å². The zero-order valence-electron chi connectivity index (χ0n) is 13.4. The third-order valence-corrected chi connectivity index (χ3v) is 7.16. The molecular weight excluding hydrogens is 449 g/mol. The van der Waals surface area contributed by atoms with Gasteiger partial charge in [-0.05, 0) is 42.0 Å². The van der Waals surface area contributed by atoms with Gasteiger partial charge in [0.1, 0.15) is 5.82 Å². The second-order valence-corrected chi connectivity index (χ2v) is 8.75. The number of hydrogen-bond donors (Lipinski definition) is 0. The summed E-state index contributed by atoms with van der Waals surface area (Å²) in [5.41, 5.74) is 0.808. The summed E-state index contributed by atoms with van der Waals surface area (Å²) in [6.07, 6.45) is -0.396. The molecule has 0 aliphatic rings. The minimum absolute atomic E-state index is 0.301. The summed E-state index contributed by atoms with van der Waals surface area (Å²) >= 11 is 2.20. The summed E-state index contributed by atoms with van der Waals surface area (Å²) < 4.78 is 34.0. The number of benzene rings is 3. The molecule has 0 fully saturated rings. The van der Waals surface area contributed by atoms with Crippen LogP contribution < -0.4 is 10.6 Å². The van der Waals surface area contributed by atoms with E-state index in [2.05, 4.69) is 22.6 Å². The topological polar surface area (TPSA) is 26.3 Å². The van der Waals surface area contributed by atoms with Crippen molar-refractivity contribution in [2.24, 2.45) is 0 Å². The molecule has 5 heteroatoms. The van der Waals surface area contributed by atoms with Crippen LogP contribution in [0.2, 0.25) is 0 Å². The summed E-state index contributed by atoms with van der Waals surface area (Å²) in [5.74, 6) is -0.301. The fraction of sp³-hybridized carbons (Fsp3) is 0.100. The first-order valence-corrected chi connectivity index (χ1v) is 11.0. The van der Waals surface area contributed by atoms with Crippen LogP contribution in [0.3, 0.4) is 0 Å². The van der Waals surface area contributed by atoms with E-state index in [0.717, 1.165) is 5.56 Å². The highest BCUT2D eigenvalue weighted by Gasteiger charge is 2.32. The first-order valence-electron chi connectivity index (χ1n) is 7.84. The van der Waals surface area contributed by atoms with Gasteiger partial charge in [0.05, 0.1) is 6.10 Å². The van der Waals surface area contributed by atoms with Crippen LogP contribution in [0.25, 0.3) is 0 Å². The van der Waals surface area contributed by atoms with Crippen LogP contribution >= 0.6 is 30.0 Å². The Kier molecular flexibility index (Phi) is 6.05. The average molecular weight is 466 g/mol. The molecule has 0 amide bonds. The molecule has 0 aliphatic heterocycles. The molecule has 0 N–H and O–H groups in total. The maximum Gasteiger partial charge on any atom is 0.261 e. The number of alkyl halides is 1. The Morgan fingerprint density at radius 2 is 1.32 bits per heavy atom. The van der Waals surface area contributed by atoms with E-state index >= 15 is 0 Å². The van der Waals surface area contributed by atoms with Crippen LogP contribution in [-0.2, 0) is 9.09 Å². The van der Waals surface area contributed by atoms with E-state index < -0.39 is 13.5 Å². The Labute approximate surface area is 160 Å². The SMILES string of the molecule is O=P(OC(CI)c1ccc(F)cc1)(c1ccccc1)c1ccccc1. The molecular formula is C20H17FIO2P. The predicted octanol–water partition coefficient (Wildman–Crippen LogP) is 5.25. The minimum atomic E-state index is -3.27. The summed E-state index contributed by atoms with van der Waals surface area (Å²) in [6.45, 7) is 0. The van der Waals surface area contributed by atoms with Crippen molar-refractivity contribution >= 4 is 40.6 Å². The van der Waals surface area contributed by atoms with E-state index in [4.69, 9.17) is 4.52 Å². The van der Waals surface area contributed by atoms with Crippen molar-refractivity contribution < 1.29 is 13.5 Å². The second-order valence-electron chi connectivity index (χ2n) is 5.52. The Bertz CT molecular complexity index is 810. The Morgan fingerprint density at radius 1 is 0.840 bits per heavy atom. The van der Waals surface area contributed by atoms with Gasteiger partial charge in [-0.3, -0.25) is 4.57 Å². The van der Waals surface area contributed by atoms with Gasteiger partial charge < -0.3 is 4.52 Å². The van der Waals surface area contributed by atoms with Gasteiger partial charge in [0, 0.05) is 15.0 Å². The molecule has 0 saturated carbocycles. The van der Waals surface area contributed by atoms with Gasteiger partial charge in [0.25, 0.3) is 7.37 Å². The monoisotopic (exact) mass is 466 g/mol. The molecule has 0 heterocycles. The van der Waals surface area contributed by atoms with Gasteiger partial charge in [0.15, 0.2) is 0 Å². The lowest BCUT2D eigenvalue weighted by Crippen LogP contribution is -2.20. The van der Waals surface area contributed by atoms with Gasteiger partial charge in [-0.25, -0.2) is 4.39 Å². The van der Waals surface area contributed by atoms with Crippen molar-refractivity contribution in [1.82, 2.24) is 0 Å². The van der Waals surface area contributed by atoms with E-state index in [-0.39, 0.29) is 5.82 Å². The zero-order chi connectivity index (χ0) is 17.7. The molecule has 0 bridgehead atoms. The first-order chi connectivity index (χ1) is 12.1. The fourth-order valence-electron chi connectivity index (χ4n) is 2.55. The largest absolute Gasteiger partial charge is 0.313 e. The van der Waals surface area contributed by atoms with Crippen molar-refractivity contribution in [1.29, 1.82) is 0 Å². The minimum Gasteiger partial charge on any atom is -0.313 e. The van der Waals surface area contributed by atoms with Gasteiger partial charge in [-0.1, -0.05) is 71.1 Å². The predicted molar refractivity (Wildman–Crippen MR) is 109 cm³/mol. The van der Waals surface area contributed by atoms with Gasteiger partial charge in [-0.15, -0.1) is 0 Å². The summed E-state index contributed by atoms with van der Waals surface area (Å²) in [6, 6.07) is 24.6. The Morgan fingerprint density at radius 3 is 1.76 bits per heavy atom. The first kappa shape index (κ1) is 18.3. The molecule has 0 aliphatic carbocycles. The van der Waals surface area contributed by atoms with Crippen molar-refractivity contribution in [3.8, 4) is 0 Å². The zero-order valence-corrected chi connectivity index (χ0v) is 16.4. The average Bonchev–Trinajstić information content (AvgIpc) is 2.68. The van der Waals surface area contributed by atoms with Crippen LogP contribution in [0.4, 0.5) is 4.39 Å². The van der Waals surface area contributed by atoms with Gasteiger partial charge in [0.2, 0.25) is 0 Å². The molecule has 3 aromatic rings. The molecule has 0 aromatic heterocycles. The van der Waals surface area contributed by atoms with Gasteiger partial charge in [-0.2, -0.15) is 0 Å². The molecule has 2 nitrogen and oxygen atoms in total. The van der Waals surface area contributed by atoms with E-state index in [1.165, 1.54) is 12.1 Å². The highest BCUT2D eigenvalue weighted by atomic mass is 127. The molecule has 3 aromatic carbocycles.